The molecule has 0 spiro atoms. The monoisotopic (exact) mass is 685 g/mol. The van der Waals surface area contributed by atoms with Crippen LogP contribution in [0.3, 0.4) is 0 Å². The van der Waals surface area contributed by atoms with Crippen molar-refractivity contribution in [2.45, 2.75) is 40.8 Å². The Morgan fingerprint density at radius 1 is 1.06 bits per heavy atom. The highest BCUT2D eigenvalue weighted by molar-refractivity contribution is 9.26. The summed E-state index contributed by atoms with van der Waals surface area (Å²) >= 11 is 7.38. The number of nitrogens with one attached hydrogen (secondary N) is 1. The molecule has 186 valence electrons. The summed E-state index contributed by atoms with van der Waals surface area (Å²) in [6, 6.07) is -0.00579. The smallest absolute Gasteiger partial charge is 0.360 e. The Bertz CT molecular complexity index is 977. The van der Waals surface area contributed by atoms with E-state index in [9.17, 15) is 49.4 Å². The minimum Gasteiger partial charge on any atom is -0.360 e. The SMILES string of the molecule is CCCN1C(=O)C(Br)(Br)C(O)(C(F)(F)F)N=C1Nc1cc(C(F)(F)F)cc(C(F)(F)F)c1Br. The fraction of sp³-hybridized carbons (Fsp3) is 0.500. The van der Waals surface area contributed by atoms with Crippen molar-refractivity contribution >= 4 is 65.3 Å². The number of rotatable bonds is 3. The summed E-state index contributed by atoms with van der Waals surface area (Å²) in [6.45, 7) is 1.14. The number of benzene rings is 1. The highest BCUT2D eigenvalue weighted by Crippen LogP contribution is 2.52. The molecule has 2 rings (SSSR count). The van der Waals surface area contributed by atoms with Gasteiger partial charge in [0.05, 0.1) is 21.3 Å². The molecular formula is C16H11Br3F9N3O2. The van der Waals surface area contributed by atoms with Crippen LogP contribution in [0.25, 0.3) is 0 Å². The van der Waals surface area contributed by atoms with E-state index in [1.54, 1.807) is 0 Å². The van der Waals surface area contributed by atoms with E-state index < -0.39 is 60.6 Å². The molecule has 2 N–H and O–H groups in total. The minimum absolute atomic E-state index is 0.102. The first-order valence-electron chi connectivity index (χ1n) is 8.52. The number of carbonyl (C=O) groups excluding carboxylic acids is 1. The van der Waals surface area contributed by atoms with Gasteiger partial charge >= 0.3 is 18.5 Å². The number of nitrogens with zero attached hydrogens (tertiary/aromatic N) is 2. The number of carbonyl (C=O) groups is 1. The normalized spacial score (nSPS) is 21.8. The predicted octanol–water partition coefficient (Wildman–Crippen LogP) is 6.24. The average Bonchev–Trinajstić information content (AvgIpc) is 2.62. The van der Waals surface area contributed by atoms with Gasteiger partial charge in [-0.3, -0.25) is 9.69 Å². The van der Waals surface area contributed by atoms with Crippen molar-refractivity contribution in [3.8, 4) is 0 Å². The van der Waals surface area contributed by atoms with E-state index in [4.69, 9.17) is 0 Å². The van der Waals surface area contributed by atoms with Gasteiger partial charge in [-0.2, -0.15) is 39.5 Å². The highest BCUT2D eigenvalue weighted by atomic mass is 79.9. The van der Waals surface area contributed by atoms with E-state index in [-0.39, 0.29) is 25.1 Å². The lowest BCUT2D eigenvalue weighted by Crippen LogP contribution is -2.68. The molecule has 5 nitrogen and oxygen atoms in total. The summed E-state index contributed by atoms with van der Waals surface area (Å²) < 4.78 is 116. The number of alkyl halides is 11. The van der Waals surface area contributed by atoms with Crippen LogP contribution in [-0.4, -0.2) is 43.6 Å². The third-order valence-corrected chi connectivity index (χ3v) is 6.91. The Hall–Kier alpha value is -1.07. The van der Waals surface area contributed by atoms with Gasteiger partial charge in [0.15, 0.2) is 0 Å². The molecule has 1 aromatic rings. The van der Waals surface area contributed by atoms with Crippen molar-refractivity contribution in [1.82, 2.24) is 4.90 Å². The molecule has 33 heavy (non-hydrogen) atoms. The van der Waals surface area contributed by atoms with Gasteiger partial charge in [0.1, 0.15) is 0 Å². The van der Waals surface area contributed by atoms with Crippen LogP contribution in [0.4, 0.5) is 45.2 Å². The molecule has 1 amide bonds. The van der Waals surface area contributed by atoms with Crippen molar-refractivity contribution in [2.24, 2.45) is 4.99 Å². The van der Waals surface area contributed by atoms with Crippen LogP contribution >= 0.6 is 47.8 Å². The van der Waals surface area contributed by atoms with Gasteiger partial charge in [-0.15, -0.1) is 0 Å². The van der Waals surface area contributed by atoms with Crippen LogP contribution in [0.2, 0.25) is 0 Å². The molecule has 1 heterocycles. The largest absolute Gasteiger partial charge is 0.441 e. The summed E-state index contributed by atoms with van der Waals surface area (Å²) in [7, 11) is 0. The number of hydrogen-bond donors (Lipinski definition) is 2. The average molecular weight is 688 g/mol. The molecule has 0 bridgehead atoms. The van der Waals surface area contributed by atoms with Crippen molar-refractivity contribution < 1.29 is 49.4 Å². The lowest BCUT2D eigenvalue weighted by atomic mass is 10.1. The van der Waals surface area contributed by atoms with E-state index in [0.29, 0.717) is 4.90 Å². The maximum Gasteiger partial charge on any atom is 0.441 e. The summed E-state index contributed by atoms with van der Waals surface area (Å²) in [5.74, 6) is -2.58. The lowest BCUT2D eigenvalue weighted by molar-refractivity contribution is -0.259. The summed E-state index contributed by atoms with van der Waals surface area (Å²) in [4.78, 5) is 16.3. The minimum atomic E-state index is -5.59. The van der Waals surface area contributed by atoms with Crippen LogP contribution in [0.5, 0.6) is 0 Å². The molecule has 0 saturated heterocycles. The number of hydrogen-bond acceptors (Lipinski definition) is 4. The summed E-state index contributed by atoms with van der Waals surface area (Å²) in [6.07, 6.45) is -16.0. The van der Waals surface area contributed by atoms with Crippen LogP contribution in [0.15, 0.2) is 21.6 Å². The van der Waals surface area contributed by atoms with Gasteiger partial charge in [0, 0.05) is 6.54 Å². The second kappa shape index (κ2) is 8.86. The van der Waals surface area contributed by atoms with Gasteiger partial charge in [0.2, 0.25) is 9.19 Å². The number of anilines is 1. The zero-order valence-corrected chi connectivity index (χ0v) is 20.6. The van der Waals surface area contributed by atoms with E-state index in [0.717, 1.165) is 0 Å². The second-order valence-electron chi connectivity index (χ2n) is 6.64. The van der Waals surface area contributed by atoms with Crippen LogP contribution < -0.4 is 5.32 Å². The molecular weight excluding hydrogens is 677 g/mol. The predicted molar refractivity (Wildman–Crippen MR) is 109 cm³/mol. The van der Waals surface area contributed by atoms with Gasteiger partial charge in [-0.1, -0.05) is 38.8 Å². The van der Waals surface area contributed by atoms with E-state index in [2.05, 4.69) is 52.8 Å². The first-order valence-corrected chi connectivity index (χ1v) is 10.9. The zero-order valence-electron chi connectivity index (χ0n) is 15.9. The molecule has 1 aliphatic heterocycles. The molecule has 1 aliphatic rings. The number of amides is 1. The van der Waals surface area contributed by atoms with Crippen LogP contribution in [0.1, 0.15) is 24.5 Å². The quantitative estimate of drug-likeness (QED) is 0.292. The Morgan fingerprint density at radius 3 is 2.03 bits per heavy atom. The topological polar surface area (TPSA) is 64.9 Å². The van der Waals surface area contributed by atoms with Gasteiger partial charge in [-0.25, -0.2) is 4.99 Å². The fourth-order valence-electron chi connectivity index (χ4n) is 2.67. The number of aliphatic hydroxyl groups is 1. The summed E-state index contributed by atoms with van der Waals surface area (Å²) in [5, 5.41) is 12.1. The van der Waals surface area contributed by atoms with Crippen LogP contribution in [0, 0.1) is 0 Å². The van der Waals surface area contributed by atoms with E-state index >= 15 is 0 Å². The third kappa shape index (κ3) is 5.15. The first kappa shape index (κ1) is 28.2. The first-order chi connectivity index (χ1) is 14.7. The van der Waals surface area contributed by atoms with E-state index in [1.807, 2.05) is 5.32 Å². The molecule has 1 aromatic carbocycles. The van der Waals surface area contributed by atoms with Crippen molar-refractivity contribution in [3.05, 3.63) is 27.7 Å². The van der Waals surface area contributed by atoms with Crippen molar-refractivity contribution in [3.63, 3.8) is 0 Å². The molecule has 0 aliphatic carbocycles. The number of guanidine groups is 1. The third-order valence-electron chi connectivity index (χ3n) is 4.27. The Labute approximate surface area is 204 Å². The Kier molecular flexibility index (Phi) is 7.56. The second-order valence-corrected chi connectivity index (χ2v) is 10.9. The molecule has 0 saturated carbocycles. The van der Waals surface area contributed by atoms with Crippen LogP contribution in [-0.2, 0) is 17.1 Å². The standard InChI is InChI=1S/C16H11Br3F9N3O2/c1-2-3-31-10(32)12(18,19)15(33,16(26,27)28)30-11(31)29-8-5-6(13(20,21)22)4-7(9(8)17)14(23,24)25/h4-5,33H,2-3H2,1H3,(H,29,30). The van der Waals surface area contributed by atoms with Gasteiger partial charge in [-0.05, 0) is 34.5 Å². The van der Waals surface area contributed by atoms with E-state index in [1.165, 1.54) is 6.92 Å². The molecule has 0 fully saturated rings. The number of aliphatic imine (C=N–C) groups is 1. The fourth-order valence-corrected chi connectivity index (χ4v) is 4.28. The maximum atomic E-state index is 13.6. The maximum absolute atomic E-state index is 13.6. The molecule has 17 heteroatoms. The van der Waals surface area contributed by atoms with Crippen molar-refractivity contribution in [2.75, 3.05) is 11.9 Å². The molecule has 0 radical (unpaired) electrons. The van der Waals surface area contributed by atoms with Crippen molar-refractivity contribution in [1.29, 1.82) is 0 Å². The highest BCUT2D eigenvalue weighted by Gasteiger charge is 2.72. The Balaban J connectivity index is 2.79. The van der Waals surface area contributed by atoms with Gasteiger partial charge in [0.25, 0.3) is 11.6 Å². The van der Waals surface area contributed by atoms with Gasteiger partial charge < -0.3 is 10.4 Å². The number of halogens is 12. The molecule has 1 atom stereocenters. The lowest BCUT2D eigenvalue weighted by Gasteiger charge is -2.44. The molecule has 1 unspecified atom stereocenters. The Morgan fingerprint density at radius 2 is 1.61 bits per heavy atom. The molecule has 0 aromatic heterocycles. The summed E-state index contributed by atoms with van der Waals surface area (Å²) in [5.41, 5.74) is -8.73. The zero-order chi connectivity index (χ0) is 25.8.